The highest BCUT2D eigenvalue weighted by Gasteiger charge is 2.31. The maximum Gasteiger partial charge on any atom is 0.00104 e. The maximum absolute atomic E-state index is 3.44. The van der Waals surface area contributed by atoms with Crippen LogP contribution in [-0.4, -0.2) is 12.6 Å². The molecule has 1 fully saturated rings. The van der Waals surface area contributed by atoms with Crippen LogP contribution in [0.25, 0.3) is 0 Å². The summed E-state index contributed by atoms with van der Waals surface area (Å²) >= 11 is 0. The number of nitrogens with one attached hydrogen (secondary N) is 1. The Kier molecular flexibility index (Phi) is 4.30. The Labute approximate surface area is 70.0 Å². The summed E-state index contributed by atoms with van der Waals surface area (Å²) in [6.07, 6.45) is 1.44. The lowest BCUT2D eigenvalue weighted by atomic mass is 10.3. The van der Waals surface area contributed by atoms with Crippen molar-refractivity contribution in [3.8, 4) is 0 Å². The second-order valence-corrected chi connectivity index (χ2v) is 3.54. The van der Waals surface area contributed by atoms with Gasteiger partial charge in [-0.1, -0.05) is 20.8 Å². The first kappa shape index (κ1) is 10.2. The fourth-order valence-corrected chi connectivity index (χ4v) is 1.07. The summed E-state index contributed by atoms with van der Waals surface area (Å²) in [5, 5.41) is 3.44. The molecule has 1 saturated carbocycles. The third-order valence-corrected chi connectivity index (χ3v) is 2.06. The quantitative estimate of drug-likeness (QED) is 0.672. The van der Waals surface area contributed by atoms with E-state index in [0.29, 0.717) is 6.04 Å². The maximum atomic E-state index is 3.44. The lowest BCUT2D eigenvalue weighted by Crippen LogP contribution is -2.25. The van der Waals surface area contributed by atoms with Crippen LogP contribution in [0.2, 0.25) is 0 Å². The lowest BCUT2D eigenvalue weighted by molar-refractivity contribution is 0.546. The molecule has 62 valence electrons. The average molecular weight is 164 g/mol. The van der Waals surface area contributed by atoms with Crippen molar-refractivity contribution in [3.63, 3.8) is 0 Å². The van der Waals surface area contributed by atoms with Crippen molar-refractivity contribution in [3.05, 3.63) is 0 Å². The Morgan fingerprint density at radius 3 is 2.30 bits per heavy atom. The van der Waals surface area contributed by atoms with Gasteiger partial charge in [-0.3, -0.25) is 0 Å². The normalized spacial score (nSPS) is 30.0. The Bertz CT molecular complexity index is 93.3. The van der Waals surface area contributed by atoms with Gasteiger partial charge >= 0.3 is 0 Å². The van der Waals surface area contributed by atoms with Crippen LogP contribution >= 0.6 is 12.4 Å². The van der Waals surface area contributed by atoms with E-state index in [9.17, 15) is 0 Å². The summed E-state index contributed by atoms with van der Waals surface area (Å²) in [5.41, 5.74) is 0. The van der Waals surface area contributed by atoms with E-state index in [2.05, 4.69) is 26.1 Å². The average Bonchev–Trinajstić information content (AvgIpc) is 2.42. The molecule has 0 radical (unpaired) electrons. The van der Waals surface area contributed by atoms with E-state index in [4.69, 9.17) is 0 Å². The van der Waals surface area contributed by atoms with E-state index in [1.807, 2.05) is 0 Å². The minimum absolute atomic E-state index is 0. The molecule has 0 saturated heterocycles. The molecule has 2 atom stereocenters. The van der Waals surface area contributed by atoms with E-state index in [1.54, 1.807) is 0 Å². The molecule has 1 aliphatic rings. The Hall–Kier alpha value is 0.250. The number of hydrogen-bond acceptors (Lipinski definition) is 1. The van der Waals surface area contributed by atoms with Crippen LogP contribution in [0, 0.1) is 11.8 Å². The van der Waals surface area contributed by atoms with Crippen molar-refractivity contribution in [2.24, 2.45) is 11.8 Å². The zero-order chi connectivity index (χ0) is 6.85. The van der Waals surface area contributed by atoms with Crippen LogP contribution in [0.15, 0.2) is 0 Å². The van der Waals surface area contributed by atoms with Gasteiger partial charge in [0.1, 0.15) is 0 Å². The number of halogens is 1. The van der Waals surface area contributed by atoms with Gasteiger partial charge in [0.15, 0.2) is 0 Å². The van der Waals surface area contributed by atoms with E-state index in [1.165, 1.54) is 13.0 Å². The largest absolute Gasteiger partial charge is 0.314 e. The Morgan fingerprint density at radius 2 is 2.00 bits per heavy atom. The minimum Gasteiger partial charge on any atom is -0.314 e. The van der Waals surface area contributed by atoms with Gasteiger partial charge < -0.3 is 5.32 Å². The van der Waals surface area contributed by atoms with Crippen LogP contribution in [-0.2, 0) is 0 Å². The van der Waals surface area contributed by atoms with Gasteiger partial charge in [0.2, 0.25) is 0 Å². The van der Waals surface area contributed by atoms with Crippen molar-refractivity contribution in [2.75, 3.05) is 6.54 Å². The monoisotopic (exact) mass is 163 g/mol. The summed E-state index contributed by atoms with van der Waals surface area (Å²) < 4.78 is 0. The zero-order valence-corrected chi connectivity index (χ0v) is 7.87. The van der Waals surface area contributed by atoms with Crippen molar-refractivity contribution in [1.29, 1.82) is 0 Å². The number of rotatable bonds is 3. The molecular weight excluding hydrogens is 146 g/mol. The van der Waals surface area contributed by atoms with Gasteiger partial charge in [-0.25, -0.2) is 0 Å². The van der Waals surface area contributed by atoms with Crippen molar-refractivity contribution >= 4 is 12.4 Å². The van der Waals surface area contributed by atoms with E-state index in [0.717, 1.165) is 11.8 Å². The van der Waals surface area contributed by atoms with Crippen LogP contribution < -0.4 is 5.32 Å². The summed E-state index contributed by atoms with van der Waals surface area (Å²) in [6, 6.07) is 0.665. The van der Waals surface area contributed by atoms with Crippen molar-refractivity contribution < 1.29 is 0 Å². The molecule has 0 aliphatic heterocycles. The fourth-order valence-electron chi connectivity index (χ4n) is 1.07. The molecule has 0 bridgehead atoms. The SMILES string of the molecule is CC(C)NC[C@@H]1C[C@H]1C.Cl. The van der Waals surface area contributed by atoms with Crippen LogP contribution in [0.1, 0.15) is 27.2 Å². The van der Waals surface area contributed by atoms with Gasteiger partial charge in [-0.15, -0.1) is 12.4 Å². The van der Waals surface area contributed by atoms with E-state index < -0.39 is 0 Å². The molecule has 1 nitrogen and oxygen atoms in total. The van der Waals surface area contributed by atoms with Crippen LogP contribution in [0.3, 0.4) is 0 Å². The second-order valence-electron chi connectivity index (χ2n) is 3.54. The first-order chi connectivity index (χ1) is 4.20. The predicted molar refractivity (Wildman–Crippen MR) is 47.7 cm³/mol. The topological polar surface area (TPSA) is 12.0 Å². The molecule has 1 rings (SSSR count). The van der Waals surface area contributed by atoms with Gasteiger partial charge in [0, 0.05) is 6.04 Å². The van der Waals surface area contributed by atoms with Crippen molar-refractivity contribution in [2.45, 2.75) is 33.2 Å². The molecule has 0 aromatic heterocycles. The second kappa shape index (κ2) is 4.20. The first-order valence-corrected chi connectivity index (χ1v) is 3.93. The fraction of sp³-hybridized carbons (Fsp3) is 1.00. The standard InChI is InChI=1S/C8H17N.ClH/c1-6(2)9-5-8-4-7(8)3;/h6-9H,4-5H2,1-3H3;1H/t7-,8+;/m1./s1. The summed E-state index contributed by atoms with van der Waals surface area (Å²) in [7, 11) is 0. The number of hydrogen-bond donors (Lipinski definition) is 1. The van der Waals surface area contributed by atoms with E-state index in [-0.39, 0.29) is 12.4 Å². The molecule has 10 heavy (non-hydrogen) atoms. The highest BCUT2D eigenvalue weighted by molar-refractivity contribution is 5.85. The highest BCUT2D eigenvalue weighted by atomic mass is 35.5. The Morgan fingerprint density at radius 1 is 1.50 bits per heavy atom. The predicted octanol–water partition coefficient (Wildman–Crippen LogP) is 2.06. The molecule has 0 heterocycles. The molecule has 0 aromatic carbocycles. The molecule has 1 N–H and O–H groups in total. The zero-order valence-electron chi connectivity index (χ0n) is 7.05. The third kappa shape index (κ3) is 3.43. The lowest BCUT2D eigenvalue weighted by Gasteiger charge is -2.05. The van der Waals surface area contributed by atoms with Gasteiger partial charge in [0.25, 0.3) is 0 Å². The molecule has 1 aliphatic carbocycles. The van der Waals surface area contributed by atoms with Crippen LogP contribution in [0.4, 0.5) is 0 Å². The van der Waals surface area contributed by atoms with Gasteiger partial charge in [-0.05, 0) is 24.8 Å². The molecule has 0 amide bonds. The van der Waals surface area contributed by atoms with Crippen molar-refractivity contribution in [1.82, 2.24) is 5.32 Å². The van der Waals surface area contributed by atoms with E-state index >= 15 is 0 Å². The Balaban J connectivity index is 0.000000810. The smallest absolute Gasteiger partial charge is 0.00104 e. The van der Waals surface area contributed by atoms with Gasteiger partial charge in [-0.2, -0.15) is 0 Å². The molecule has 0 unspecified atom stereocenters. The summed E-state index contributed by atoms with van der Waals surface area (Å²) in [6.45, 7) is 7.96. The molecule has 0 spiro atoms. The summed E-state index contributed by atoms with van der Waals surface area (Å²) in [5.74, 6) is 1.99. The molecule has 0 aromatic rings. The molecular formula is C8H18ClN. The first-order valence-electron chi connectivity index (χ1n) is 3.93. The minimum atomic E-state index is 0. The third-order valence-electron chi connectivity index (χ3n) is 2.06. The van der Waals surface area contributed by atoms with Crippen LogP contribution in [0.5, 0.6) is 0 Å². The van der Waals surface area contributed by atoms with Gasteiger partial charge in [0.05, 0.1) is 0 Å². The molecule has 2 heteroatoms. The summed E-state index contributed by atoms with van der Waals surface area (Å²) in [4.78, 5) is 0. The highest BCUT2D eigenvalue weighted by Crippen LogP contribution is 2.36.